The highest BCUT2D eigenvalue weighted by Crippen LogP contribution is 2.23. The van der Waals surface area contributed by atoms with E-state index in [1.54, 1.807) is 42.5 Å². The minimum Gasteiger partial charge on any atom is -0.484 e. The molecule has 0 heterocycles. The number of carbonyl (C=O) groups excluding carboxylic acids is 2. The lowest BCUT2D eigenvalue weighted by atomic mass is 9.87. The first-order chi connectivity index (χ1) is 15.1. The van der Waals surface area contributed by atoms with Gasteiger partial charge in [-0.15, -0.1) is 0 Å². The summed E-state index contributed by atoms with van der Waals surface area (Å²) in [6, 6.07) is 19.8. The molecule has 5 nitrogen and oxygen atoms in total. The Morgan fingerprint density at radius 2 is 1.56 bits per heavy atom. The number of rotatable bonds is 6. The molecule has 0 unspecified atom stereocenters. The molecule has 32 heavy (non-hydrogen) atoms. The van der Waals surface area contributed by atoms with E-state index in [1.807, 2.05) is 31.2 Å². The van der Waals surface area contributed by atoms with E-state index in [1.165, 1.54) is 0 Å². The SMILES string of the molecule is Cc1cc(OCC(=O)Nc2cccc(NC(=O)c3ccc(C(C)(C)C)cc3)c2)ccc1Cl. The summed E-state index contributed by atoms with van der Waals surface area (Å²) in [5.41, 5.74) is 3.78. The van der Waals surface area contributed by atoms with Crippen LogP contribution in [0.1, 0.15) is 42.3 Å². The summed E-state index contributed by atoms with van der Waals surface area (Å²) in [6.07, 6.45) is 0. The smallest absolute Gasteiger partial charge is 0.262 e. The third-order valence-corrected chi connectivity index (χ3v) is 5.34. The lowest BCUT2D eigenvalue weighted by Crippen LogP contribution is -2.20. The number of nitrogens with one attached hydrogen (secondary N) is 2. The summed E-state index contributed by atoms with van der Waals surface area (Å²) in [7, 11) is 0. The zero-order chi connectivity index (χ0) is 23.3. The molecule has 3 aromatic rings. The topological polar surface area (TPSA) is 67.4 Å². The number of anilines is 2. The van der Waals surface area contributed by atoms with Crippen LogP contribution >= 0.6 is 11.6 Å². The first kappa shape index (κ1) is 23.4. The first-order valence-electron chi connectivity index (χ1n) is 10.3. The number of aryl methyl sites for hydroxylation is 1. The molecular weight excluding hydrogens is 424 g/mol. The highest BCUT2D eigenvalue weighted by atomic mass is 35.5. The second-order valence-electron chi connectivity index (χ2n) is 8.61. The van der Waals surface area contributed by atoms with Crippen molar-refractivity contribution >= 4 is 34.8 Å². The highest BCUT2D eigenvalue weighted by Gasteiger charge is 2.14. The average molecular weight is 451 g/mol. The predicted octanol–water partition coefficient (Wildman–Crippen LogP) is 6.22. The molecule has 3 aromatic carbocycles. The van der Waals surface area contributed by atoms with Crippen LogP contribution < -0.4 is 15.4 Å². The number of carbonyl (C=O) groups is 2. The summed E-state index contributed by atoms with van der Waals surface area (Å²) < 4.78 is 5.52. The number of ether oxygens (including phenoxy) is 1. The van der Waals surface area contributed by atoms with Gasteiger partial charge in [0.2, 0.25) is 0 Å². The summed E-state index contributed by atoms with van der Waals surface area (Å²) in [6.45, 7) is 8.11. The molecule has 0 saturated carbocycles. The van der Waals surface area contributed by atoms with Gasteiger partial charge in [-0.3, -0.25) is 9.59 Å². The van der Waals surface area contributed by atoms with Crippen LogP contribution in [0, 0.1) is 6.92 Å². The van der Waals surface area contributed by atoms with Crippen molar-refractivity contribution < 1.29 is 14.3 Å². The Balaban J connectivity index is 1.58. The van der Waals surface area contributed by atoms with Crippen molar-refractivity contribution in [1.29, 1.82) is 0 Å². The lowest BCUT2D eigenvalue weighted by molar-refractivity contribution is -0.118. The molecule has 6 heteroatoms. The number of benzene rings is 3. The standard InChI is InChI=1S/C26H27ClN2O3/c1-17-14-22(12-13-23(17)27)32-16-24(30)28-20-6-5-7-21(15-20)29-25(31)18-8-10-19(11-9-18)26(2,3)4/h5-15H,16H2,1-4H3,(H,28,30)(H,29,31). The Hall–Kier alpha value is -3.31. The van der Waals surface area contributed by atoms with Crippen LogP contribution in [0.15, 0.2) is 66.7 Å². The van der Waals surface area contributed by atoms with E-state index in [0.29, 0.717) is 27.7 Å². The van der Waals surface area contributed by atoms with Gasteiger partial charge in [-0.25, -0.2) is 0 Å². The van der Waals surface area contributed by atoms with E-state index in [4.69, 9.17) is 16.3 Å². The summed E-state index contributed by atoms with van der Waals surface area (Å²) in [5.74, 6) is 0.0507. The van der Waals surface area contributed by atoms with Gasteiger partial charge >= 0.3 is 0 Å². The molecule has 0 spiro atoms. The van der Waals surface area contributed by atoms with Crippen LogP contribution in [-0.2, 0) is 10.2 Å². The second-order valence-corrected chi connectivity index (χ2v) is 9.02. The average Bonchev–Trinajstić information content (AvgIpc) is 2.74. The molecule has 0 aromatic heterocycles. The van der Waals surface area contributed by atoms with Gasteiger partial charge in [-0.2, -0.15) is 0 Å². The van der Waals surface area contributed by atoms with Crippen LogP contribution in [0.3, 0.4) is 0 Å². The monoisotopic (exact) mass is 450 g/mol. The van der Waals surface area contributed by atoms with Gasteiger partial charge in [0.05, 0.1) is 0 Å². The number of halogens is 1. The molecule has 0 bridgehead atoms. The molecular formula is C26H27ClN2O3. The maximum Gasteiger partial charge on any atom is 0.262 e. The molecule has 2 N–H and O–H groups in total. The van der Waals surface area contributed by atoms with Crippen molar-refractivity contribution in [3.63, 3.8) is 0 Å². The fourth-order valence-electron chi connectivity index (χ4n) is 3.05. The molecule has 0 fully saturated rings. The van der Waals surface area contributed by atoms with Gasteiger partial charge in [0.15, 0.2) is 6.61 Å². The largest absolute Gasteiger partial charge is 0.484 e. The third kappa shape index (κ3) is 6.34. The predicted molar refractivity (Wildman–Crippen MR) is 130 cm³/mol. The van der Waals surface area contributed by atoms with Gasteiger partial charge in [-0.1, -0.05) is 50.6 Å². The van der Waals surface area contributed by atoms with Crippen LogP contribution in [0.25, 0.3) is 0 Å². The minimum absolute atomic E-state index is 0.0254. The number of amides is 2. The molecule has 0 atom stereocenters. The molecule has 2 amide bonds. The molecule has 3 rings (SSSR count). The highest BCUT2D eigenvalue weighted by molar-refractivity contribution is 6.31. The van der Waals surface area contributed by atoms with Crippen LogP contribution in [0.5, 0.6) is 5.75 Å². The van der Waals surface area contributed by atoms with E-state index in [2.05, 4.69) is 31.4 Å². The van der Waals surface area contributed by atoms with Crippen LogP contribution in [0.4, 0.5) is 11.4 Å². The van der Waals surface area contributed by atoms with Crippen LogP contribution in [0.2, 0.25) is 5.02 Å². The Morgan fingerprint density at radius 3 is 2.19 bits per heavy atom. The second kappa shape index (κ2) is 9.88. The summed E-state index contributed by atoms with van der Waals surface area (Å²) in [4.78, 5) is 24.8. The Bertz CT molecular complexity index is 1120. The Labute approximate surface area is 193 Å². The van der Waals surface area contributed by atoms with Crippen LogP contribution in [-0.4, -0.2) is 18.4 Å². The van der Waals surface area contributed by atoms with Crippen molar-refractivity contribution in [2.75, 3.05) is 17.2 Å². The Kier molecular flexibility index (Phi) is 7.21. The molecule has 166 valence electrons. The summed E-state index contributed by atoms with van der Waals surface area (Å²) in [5, 5.41) is 6.28. The molecule has 0 aliphatic heterocycles. The zero-order valence-corrected chi connectivity index (χ0v) is 19.4. The van der Waals surface area contributed by atoms with Crippen molar-refractivity contribution in [2.45, 2.75) is 33.1 Å². The maximum absolute atomic E-state index is 12.6. The van der Waals surface area contributed by atoms with E-state index < -0.39 is 0 Å². The van der Waals surface area contributed by atoms with Gasteiger partial charge in [0.1, 0.15) is 5.75 Å². The third-order valence-electron chi connectivity index (χ3n) is 4.92. The fourth-order valence-corrected chi connectivity index (χ4v) is 3.17. The van der Waals surface area contributed by atoms with Crippen molar-refractivity contribution in [2.24, 2.45) is 0 Å². The van der Waals surface area contributed by atoms with E-state index in [0.717, 1.165) is 11.1 Å². The van der Waals surface area contributed by atoms with E-state index in [-0.39, 0.29) is 23.8 Å². The summed E-state index contributed by atoms with van der Waals surface area (Å²) >= 11 is 6.00. The first-order valence-corrected chi connectivity index (χ1v) is 10.7. The number of hydrogen-bond donors (Lipinski definition) is 2. The molecule has 0 aliphatic rings. The lowest BCUT2D eigenvalue weighted by Gasteiger charge is -2.19. The minimum atomic E-state index is -0.307. The zero-order valence-electron chi connectivity index (χ0n) is 18.7. The molecule has 0 saturated heterocycles. The quantitative estimate of drug-likeness (QED) is 0.468. The van der Waals surface area contributed by atoms with Crippen molar-refractivity contribution in [1.82, 2.24) is 0 Å². The normalized spacial score (nSPS) is 11.0. The number of hydrogen-bond acceptors (Lipinski definition) is 3. The molecule has 0 radical (unpaired) electrons. The van der Waals surface area contributed by atoms with E-state index >= 15 is 0 Å². The van der Waals surface area contributed by atoms with Gasteiger partial charge in [-0.05, 0) is 72.0 Å². The van der Waals surface area contributed by atoms with Gasteiger partial charge in [0.25, 0.3) is 11.8 Å². The van der Waals surface area contributed by atoms with Crippen molar-refractivity contribution in [3.05, 3.63) is 88.4 Å². The fraction of sp³-hybridized carbons (Fsp3) is 0.231. The van der Waals surface area contributed by atoms with Gasteiger partial charge in [0, 0.05) is 22.0 Å². The Morgan fingerprint density at radius 1 is 0.906 bits per heavy atom. The van der Waals surface area contributed by atoms with Gasteiger partial charge < -0.3 is 15.4 Å². The van der Waals surface area contributed by atoms with E-state index in [9.17, 15) is 9.59 Å². The molecule has 0 aliphatic carbocycles. The maximum atomic E-state index is 12.6. The van der Waals surface area contributed by atoms with Crippen molar-refractivity contribution in [3.8, 4) is 5.75 Å².